The number of ether oxygens (including phenoxy) is 1. The number of aliphatic hydroxyl groups is 1. The fraction of sp³-hybridized carbons (Fsp3) is 0.471. The Kier molecular flexibility index (Phi) is 3.79. The van der Waals surface area contributed by atoms with Crippen molar-refractivity contribution in [1.29, 1.82) is 0 Å². The van der Waals surface area contributed by atoms with Crippen LogP contribution >= 0.6 is 0 Å². The van der Waals surface area contributed by atoms with Gasteiger partial charge in [0, 0.05) is 30.5 Å². The third kappa shape index (κ3) is 2.79. The minimum atomic E-state index is -1.14. The number of nitrogens with zero attached hydrogens (tertiary/aromatic N) is 1. The Labute approximate surface area is 128 Å². The lowest BCUT2D eigenvalue weighted by Gasteiger charge is -2.40. The summed E-state index contributed by atoms with van der Waals surface area (Å²) in [6.07, 6.45) is 2.17. The molecule has 0 aromatic heterocycles. The van der Waals surface area contributed by atoms with E-state index >= 15 is 0 Å². The summed E-state index contributed by atoms with van der Waals surface area (Å²) in [5, 5.41) is 10.7. The number of hydrogen-bond donors (Lipinski definition) is 1. The molecule has 0 unspecified atom stereocenters. The van der Waals surface area contributed by atoms with Crippen molar-refractivity contribution >= 4 is 6.09 Å². The van der Waals surface area contributed by atoms with Crippen LogP contribution < -0.4 is 0 Å². The summed E-state index contributed by atoms with van der Waals surface area (Å²) in [7, 11) is 1.37. The van der Waals surface area contributed by atoms with Crippen molar-refractivity contribution in [2.24, 2.45) is 0 Å². The third-order valence-corrected chi connectivity index (χ3v) is 4.42. The van der Waals surface area contributed by atoms with E-state index in [1.807, 2.05) is 0 Å². The van der Waals surface area contributed by atoms with Gasteiger partial charge >= 0.3 is 6.09 Å². The van der Waals surface area contributed by atoms with E-state index in [2.05, 4.69) is 11.8 Å². The fourth-order valence-corrected chi connectivity index (χ4v) is 3.49. The van der Waals surface area contributed by atoms with Crippen LogP contribution in [0.4, 0.5) is 9.18 Å². The molecule has 5 heteroatoms. The molecule has 2 aliphatic rings. The highest BCUT2D eigenvalue weighted by Crippen LogP contribution is 2.40. The second kappa shape index (κ2) is 5.62. The number of carbonyl (C=O) groups excluding carboxylic acids is 1. The number of amides is 1. The van der Waals surface area contributed by atoms with Crippen LogP contribution in [0.15, 0.2) is 24.3 Å². The van der Waals surface area contributed by atoms with Gasteiger partial charge in [0.1, 0.15) is 11.4 Å². The minimum Gasteiger partial charge on any atom is -0.453 e. The summed E-state index contributed by atoms with van der Waals surface area (Å²) in [6.45, 7) is 0. The molecule has 2 saturated heterocycles. The molecule has 1 aromatic rings. The Morgan fingerprint density at radius 3 is 2.68 bits per heavy atom. The number of benzene rings is 1. The number of rotatable bonds is 0. The van der Waals surface area contributed by atoms with E-state index < -0.39 is 5.60 Å². The molecule has 1 N–H and O–H groups in total. The largest absolute Gasteiger partial charge is 0.453 e. The van der Waals surface area contributed by atoms with E-state index in [-0.39, 0.29) is 24.0 Å². The molecule has 3 rings (SSSR count). The Morgan fingerprint density at radius 1 is 1.41 bits per heavy atom. The molecule has 2 heterocycles. The van der Waals surface area contributed by atoms with Gasteiger partial charge in [-0.05, 0) is 31.0 Å². The second-order valence-corrected chi connectivity index (χ2v) is 5.96. The van der Waals surface area contributed by atoms with E-state index in [4.69, 9.17) is 4.74 Å². The number of methoxy groups -OCH3 is 1. The zero-order valence-corrected chi connectivity index (χ0v) is 12.4. The molecule has 1 aromatic carbocycles. The minimum absolute atomic E-state index is 0.0435. The molecule has 2 aliphatic heterocycles. The van der Waals surface area contributed by atoms with Crippen molar-refractivity contribution in [2.75, 3.05) is 7.11 Å². The zero-order valence-electron chi connectivity index (χ0n) is 12.4. The highest BCUT2D eigenvalue weighted by molar-refractivity contribution is 5.69. The lowest BCUT2D eigenvalue weighted by Crippen LogP contribution is -2.52. The molecule has 2 bridgehead atoms. The van der Waals surface area contributed by atoms with E-state index in [1.54, 1.807) is 17.0 Å². The standard InChI is InChI=1S/C17H18FNO3/c1-22-16(20)19-14-5-6-15(19)11-17(21,10-14)8-7-12-3-2-4-13(18)9-12/h2-4,9,14-15,21H,5-6,10-11H2,1H3/t14-,15-/m1/s1. The summed E-state index contributed by atoms with van der Waals surface area (Å²) >= 11 is 0. The Balaban J connectivity index is 1.78. The van der Waals surface area contributed by atoms with Gasteiger partial charge in [-0.15, -0.1) is 0 Å². The molecule has 4 nitrogen and oxygen atoms in total. The van der Waals surface area contributed by atoms with Crippen molar-refractivity contribution < 1.29 is 19.0 Å². The van der Waals surface area contributed by atoms with Gasteiger partial charge in [-0.25, -0.2) is 9.18 Å². The molecule has 0 radical (unpaired) electrons. The second-order valence-electron chi connectivity index (χ2n) is 5.96. The molecule has 116 valence electrons. The van der Waals surface area contributed by atoms with Gasteiger partial charge in [0.15, 0.2) is 0 Å². The fourth-order valence-electron chi connectivity index (χ4n) is 3.49. The Bertz CT molecular complexity index is 635. The quantitative estimate of drug-likeness (QED) is 0.748. The van der Waals surface area contributed by atoms with Gasteiger partial charge in [-0.1, -0.05) is 17.9 Å². The van der Waals surface area contributed by atoms with Gasteiger partial charge < -0.3 is 14.7 Å². The van der Waals surface area contributed by atoms with Crippen molar-refractivity contribution in [3.8, 4) is 11.8 Å². The first-order chi connectivity index (χ1) is 10.5. The van der Waals surface area contributed by atoms with Crippen LogP contribution in [0.3, 0.4) is 0 Å². The molecular formula is C17H18FNO3. The summed E-state index contributed by atoms with van der Waals surface area (Å²) in [4.78, 5) is 13.5. The van der Waals surface area contributed by atoms with Gasteiger partial charge in [0.05, 0.1) is 7.11 Å². The van der Waals surface area contributed by atoms with Crippen LogP contribution in [-0.2, 0) is 4.74 Å². The first kappa shape index (κ1) is 14.9. The SMILES string of the molecule is COC(=O)N1[C@@H]2CC[C@@H]1CC(O)(C#Cc1cccc(F)c1)C2. The maximum Gasteiger partial charge on any atom is 0.409 e. The summed E-state index contributed by atoms with van der Waals surface area (Å²) in [6, 6.07) is 5.91. The van der Waals surface area contributed by atoms with Gasteiger partial charge in [0.25, 0.3) is 0 Å². The van der Waals surface area contributed by atoms with Crippen molar-refractivity contribution in [2.45, 2.75) is 43.4 Å². The van der Waals surface area contributed by atoms with Gasteiger partial charge in [0.2, 0.25) is 0 Å². The molecule has 2 fully saturated rings. The normalized spacial score (nSPS) is 29.7. The topological polar surface area (TPSA) is 49.8 Å². The molecule has 0 spiro atoms. The molecule has 1 amide bonds. The molecule has 0 aliphatic carbocycles. The number of piperidine rings is 1. The van der Waals surface area contributed by atoms with Gasteiger partial charge in [-0.2, -0.15) is 0 Å². The maximum absolute atomic E-state index is 13.2. The average molecular weight is 303 g/mol. The lowest BCUT2D eigenvalue weighted by molar-refractivity contribution is -0.00730. The Morgan fingerprint density at radius 2 is 2.09 bits per heavy atom. The molecule has 22 heavy (non-hydrogen) atoms. The first-order valence-electron chi connectivity index (χ1n) is 7.38. The van der Waals surface area contributed by atoms with E-state index in [0.717, 1.165) is 12.8 Å². The Hall–Kier alpha value is -2.06. The summed E-state index contributed by atoms with van der Waals surface area (Å²) in [5.41, 5.74) is -0.598. The average Bonchev–Trinajstić information content (AvgIpc) is 2.78. The van der Waals surface area contributed by atoms with E-state index in [1.165, 1.54) is 19.2 Å². The van der Waals surface area contributed by atoms with Crippen LogP contribution in [0.2, 0.25) is 0 Å². The number of halogens is 1. The number of hydrogen-bond acceptors (Lipinski definition) is 3. The zero-order chi connectivity index (χ0) is 15.7. The summed E-state index contributed by atoms with van der Waals surface area (Å²) in [5.74, 6) is 5.38. The molecular weight excluding hydrogens is 285 g/mol. The highest BCUT2D eigenvalue weighted by Gasteiger charge is 2.49. The molecule has 0 saturated carbocycles. The molecule has 2 atom stereocenters. The first-order valence-corrected chi connectivity index (χ1v) is 7.38. The van der Waals surface area contributed by atoms with E-state index in [0.29, 0.717) is 18.4 Å². The van der Waals surface area contributed by atoms with Crippen LogP contribution in [-0.4, -0.2) is 40.9 Å². The monoisotopic (exact) mass is 303 g/mol. The van der Waals surface area contributed by atoms with Crippen LogP contribution in [0.25, 0.3) is 0 Å². The van der Waals surface area contributed by atoms with Gasteiger partial charge in [-0.3, -0.25) is 0 Å². The lowest BCUT2D eigenvalue weighted by atomic mass is 9.86. The maximum atomic E-state index is 13.2. The van der Waals surface area contributed by atoms with E-state index in [9.17, 15) is 14.3 Å². The highest BCUT2D eigenvalue weighted by atomic mass is 19.1. The van der Waals surface area contributed by atoms with Crippen LogP contribution in [0.1, 0.15) is 31.2 Å². The smallest absolute Gasteiger partial charge is 0.409 e. The predicted molar refractivity (Wildman–Crippen MR) is 78.5 cm³/mol. The summed E-state index contributed by atoms with van der Waals surface area (Å²) < 4.78 is 18.0. The number of fused-ring (bicyclic) bond motifs is 2. The number of carbonyl (C=O) groups is 1. The predicted octanol–water partition coefficient (Wildman–Crippen LogP) is 2.30. The van der Waals surface area contributed by atoms with Crippen LogP contribution in [0.5, 0.6) is 0 Å². The van der Waals surface area contributed by atoms with Crippen molar-refractivity contribution in [1.82, 2.24) is 4.90 Å². The van der Waals surface area contributed by atoms with Crippen molar-refractivity contribution in [3.05, 3.63) is 35.6 Å². The van der Waals surface area contributed by atoms with Crippen molar-refractivity contribution in [3.63, 3.8) is 0 Å². The third-order valence-electron chi connectivity index (χ3n) is 4.42. The van der Waals surface area contributed by atoms with Crippen LogP contribution in [0, 0.1) is 17.7 Å².